The van der Waals surface area contributed by atoms with Gasteiger partial charge in [0.15, 0.2) is 0 Å². The maximum absolute atomic E-state index is 4.59. The van der Waals surface area contributed by atoms with Crippen molar-refractivity contribution in [2.24, 2.45) is 0 Å². The first kappa shape index (κ1) is 32.8. The summed E-state index contributed by atoms with van der Waals surface area (Å²) in [6, 6.07) is 6.41. The minimum atomic E-state index is 0.175. The van der Waals surface area contributed by atoms with E-state index in [0.717, 1.165) is 42.0 Å². The van der Waals surface area contributed by atoms with Crippen LogP contribution in [0.1, 0.15) is 83.7 Å². The average Bonchev–Trinajstić information content (AvgIpc) is 2.89. The van der Waals surface area contributed by atoms with Crippen molar-refractivity contribution in [3.63, 3.8) is 0 Å². The highest BCUT2D eigenvalue weighted by molar-refractivity contribution is 5.51. The van der Waals surface area contributed by atoms with Crippen molar-refractivity contribution in [2.75, 3.05) is 25.0 Å². The Balaban J connectivity index is 0.000000437. The van der Waals surface area contributed by atoms with E-state index in [1.165, 1.54) is 35.2 Å². The number of anilines is 1. The van der Waals surface area contributed by atoms with Crippen molar-refractivity contribution < 1.29 is 0 Å². The first-order chi connectivity index (χ1) is 18.2. The van der Waals surface area contributed by atoms with Gasteiger partial charge in [-0.15, -0.1) is 0 Å². The van der Waals surface area contributed by atoms with Crippen LogP contribution in [0.25, 0.3) is 0 Å². The minimum Gasteiger partial charge on any atom is -0.371 e. The van der Waals surface area contributed by atoms with Gasteiger partial charge in [0.25, 0.3) is 0 Å². The number of nitrogens with zero attached hydrogens (tertiary/aromatic N) is 3. The zero-order chi connectivity index (χ0) is 28.5. The van der Waals surface area contributed by atoms with Crippen molar-refractivity contribution in [2.45, 2.75) is 80.2 Å². The van der Waals surface area contributed by atoms with Gasteiger partial charge in [0, 0.05) is 55.7 Å². The number of hydrogen-bond acceptors (Lipinski definition) is 5. The van der Waals surface area contributed by atoms with E-state index in [2.05, 4.69) is 91.5 Å². The third-order valence-corrected chi connectivity index (χ3v) is 6.37. The first-order valence-electron chi connectivity index (χ1n) is 13.9. The Bertz CT molecular complexity index is 1060. The third-order valence-electron chi connectivity index (χ3n) is 6.37. The van der Waals surface area contributed by atoms with Crippen molar-refractivity contribution in [3.8, 4) is 0 Å². The Morgan fingerprint density at radius 3 is 2.29 bits per heavy atom. The van der Waals surface area contributed by atoms with Crippen molar-refractivity contribution in [1.82, 2.24) is 20.6 Å². The monoisotopic (exact) mass is 517 g/mol. The van der Waals surface area contributed by atoms with Crippen LogP contribution >= 0.6 is 0 Å². The summed E-state index contributed by atoms with van der Waals surface area (Å²) >= 11 is 0. The van der Waals surface area contributed by atoms with E-state index in [0.29, 0.717) is 6.42 Å². The summed E-state index contributed by atoms with van der Waals surface area (Å²) in [7, 11) is 1.99. The molecule has 2 N–H and O–H groups in total. The molecule has 0 spiro atoms. The number of aromatic nitrogens is 2. The van der Waals surface area contributed by atoms with Crippen molar-refractivity contribution in [3.05, 3.63) is 101 Å². The maximum atomic E-state index is 4.59. The molecule has 2 aromatic rings. The standard InChI is InChI=1S/C21H31N3.C12H20N2/c1-8-10-16(4)21(22-7)19-11-9-12-23-20(19)13-18(6)24-14-17(5)15(2)3;1-4-8-14(9-5-2)12-6-7-13-10-11(12)3/h9-12,14,21-22,24H,2,6,8,13H2,1,3-5,7H3;6-7,10H,4-5,8-9H2,1-3H3/b16-10-,17-14+;. The largest absolute Gasteiger partial charge is 0.371 e. The predicted molar refractivity (Wildman–Crippen MR) is 166 cm³/mol. The zero-order valence-electron chi connectivity index (χ0n) is 25.2. The molecule has 208 valence electrons. The number of nitrogens with one attached hydrogen (secondary N) is 2. The molecule has 1 unspecified atom stereocenters. The van der Waals surface area contributed by atoms with Crippen LogP contribution in [0.2, 0.25) is 0 Å². The Labute approximate surface area is 232 Å². The quantitative estimate of drug-likeness (QED) is 0.197. The number of rotatable bonds is 14. The SMILES string of the molecule is C=C(Cc1ncccc1C(NC)/C(C)=C\CC)N/C=C(\C)C(=C)C.CCCN(CCC)c1ccncc1C. The van der Waals surface area contributed by atoms with Gasteiger partial charge in [-0.2, -0.15) is 0 Å². The van der Waals surface area contributed by atoms with Gasteiger partial charge in [0.2, 0.25) is 0 Å². The fourth-order valence-corrected chi connectivity index (χ4v) is 4.23. The first-order valence-corrected chi connectivity index (χ1v) is 13.9. The van der Waals surface area contributed by atoms with Crippen LogP contribution in [-0.2, 0) is 6.42 Å². The van der Waals surface area contributed by atoms with Crippen LogP contribution in [0.5, 0.6) is 0 Å². The molecule has 0 saturated carbocycles. The topological polar surface area (TPSA) is 53.1 Å². The van der Waals surface area contributed by atoms with Gasteiger partial charge in [0.1, 0.15) is 0 Å². The Kier molecular flexibility index (Phi) is 15.7. The normalized spacial score (nSPS) is 12.3. The molecule has 1 atom stereocenters. The molecule has 0 fully saturated rings. The summed E-state index contributed by atoms with van der Waals surface area (Å²) in [5.74, 6) is 0. The molecular weight excluding hydrogens is 466 g/mol. The number of aryl methyl sites for hydroxylation is 1. The number of hydrogen-bond donors (Lipinski definition) is 2. The second-order valence-corrected chi connectivity index (χ2v) is 9.80. The molecule has 0 radical (unpaired) electrons. The summed E-state index contributed by atoms with van der Waals surface area (Å²) in [6.45, 7) is 25.3. The lowest BCUT2D eigenvalue weighted by molar-refractivity contribution is 0.661. The third kappa shape index (κ3) is 11.1. The Hall–Kier alpha value is -3.18. The Morgan fingerprint density at radius 2 is 1.74 bits per heavy atom. The Morgan fingerprint density at radius 1 is 1.05 bits per heavy atom. The molecule has 5 heteroatoms. The minimum absolute atomic E-state index is 0.175. The van der Waals surface area contributed by atoms with E-state index in [-0.39, 0.29) is 6.04 Å². The summed E-state index contributed by atoms with van der Waals surface area (Å²) in [5, 5.41) is 6.66. The van der Waals surface area contributed by atoms with E-state index in [1.807, 2.05) is 51.8 Å². The van der Waals surface area contributed by atoms with Gasteiger partial charge in [-0.3, -0.25) is 9.97 Å². The van der Waals surface area contributed by atoms with Gasteiger partial charge in [-0.25, -0.2) is 0 Å². The van der Waals surface area contributed by atoms with Crippen LogP contribution in [0.4, 0.5) is 5.69 Å². The zero-order valence-corrected chi connectivity index (χ0v) is 25.2. The predicted octanol–water partition coefficient (Wildman–Crippen LogP) is 7.84. The molecule has 0 amide bonds. The van der Waals surface area contributed by atoms with E-state index < -0.39 is 0 Å². The van der Waals surface area contributed by atoms with E-state index in [9.17, 15) is 0 Å². The highest BCUT2D eigenvalue weighted by atomic mass is 15.1. The van der Waals surface area contributed by atoms with Crippen LogP contribution in [0, 0.1) is 6.92 Å². The van der Waals surface area contributed by atoms with Crippen molar-refractivity contribution >= 4 is 5.69 Å². The molecule has 0 aliphatic rings. The maximum Gasteiger partial charge on any atom is 0.0549 e. The molecule has 0 aliphatic heterocycles. The van der Waals surface area contributed by atoms with E-state index >= 15 is 0 Å². The molecule has 5 nitrogen and oxygen atoms in total. The van der Waals surface area contributed by atoms with E-state index in [4.69, 9.17) is 0 Å². The van der Waals surface area contributed by atoms with Crippen LogP contribution in [-0.4, -0.2) is 30.1 Å². The second-order valence-electron chi connectivity index (χ2n) is 9.80. The average molecular weight is 518 g/mol. The van der Waals surface area contributed by atoms with Gasteiger partial charge >= 0.3 is 0 Å². The summed E-state index contributed by atoms with van der Waals surface area (Å²) in [4.78, 5) is 11.1. The number of likely N-dealkylation sites (N-methyl/N-ethyl adjacent to an activating group) is 1. The van der Waals surface area contributed by atoms with Crippen LogP contribution in [0.3, 0.4) is 0 Å². The van der Waals surface area contributed by atoms with E-state index in [1.54, 1.807) is 0 Å². The highest BCUT2D eigenvalue weighted by Gasteiger charge is 2.16. The molecule has 38 heavy (non-hydrogen) atoms. The summed E-state index contributed by atoms with van der Waals surface area (Å²) < 4.78 is 0. The number of pyridine rings is 2. The smallest absolute Gasteiger partial charge is 0.0549 e. The molecule has 0 bridgehead atoms. The lowest BCUT2D eigenvalue weighted by Crippen LogP contribution is -2.25. The molecule has 0 aliphatic carbocycles. The van der Waals surface area contributed by atoms with Gasteiger partial charge in [-0.1, -0.05) is 57.2 Å². The molecule has 0 aromatic carbocycles. The molecule has 2 aromatic heterocycles. The van der Waals surface area contributed by atoms with Crippen LogP contribution in [0.15, 0.2) is 84.6 Å². The van der Waals surface area contributed by atoms with Gasteiger partial charge < -0.3 is 15.5 Å². The molecule has 2 heterocycles. The molecule has 0 saturated heterocycles. The fraction of sp³-hybridized carbons (Fsp3) is 0.455. The summed E-state index contributed by atoms with van der Waals surface area (Å²) in [5.41, 5.74) is 9.24. The lowest BCUT2D eigenvalue weighted by Gasteiger charge is -2.25. The van der Waals surface area contributed by atoms with Crippen molar-refractivity contribution in [1.29, 1.82) is 0 Å². The molecule has 2 rings (SSSR count). The fourth-order valence-electron chi connectivity index (χ4n) is 4.23. The summed E-state index contributed by atoms with van der Waals surface area (Å²) in [6.07, 6.45) is 14.0. The van der Waals surface area contributed by atoms with Gasteiger partial charge in [0.05, 0.1) is 11.7 Å². The number of allylic oxidation sites excluding steroid dienone is 4. The highest BCUT2D eigenvalue weighted by Crippen LogP contribution is 2.25. The van der Waals surface area contributed by atoms with Gasteiger partial charge in [-0.05, 0) is 82.8 Å². The second kappa shape index (κ2) is 18.1. The lowest BCUT2D eigenvalue weighted by atomic mass is 9.96. The van der Waals surface area contributed by atoms with Crippen LogP contribution < -0.4 is 15.5 Å². The molecular formula is C33H51N5.